The summed E-state index contributed by atoms with van der Waals surface area (Å²) in [5, 5.41) is 10.0. The van der Waals surface area contributed by atoms with Gasteiger partial charge in [0.15, 0.2) is 0 Å². The molecule has 0 spiro atoms. The van der Waals surface area contributed by atoms with Gasteiger partial charge in [0, 0.05) is 107 Å². The summed E-state index contributed by atoms with van der Waals surface area (Å²) in [6.45, 7) is 20.9. The summed E-state index contributed by atoms with van der Waals surface area (Å²) >= 11 is 3.77. The zero-order valence-electron chi connectivity index (χ0n) is 69.3. The first-order chi connectivity index (χ1) is 58.9. The number of thiophene rings is 2. The van der Waals surface area contributed by atoms with E-state index < -0.39 is 0 Å². The molecule has 0 saturated heterocycles. The molecule has 2 aliphatic rings. The third-order valence-electron chi connectivity index (χ3n) is 26.0. The monoisotopic (exact) mass is 1590 g/mol. The van der Waals surface area contributed by atoms with Crippen LogP contribution in [0.2, 0.25) is 0 Å². The highest BCUT2D eigenvalue weighted by Crippen LogP contribution is 2.54. The van der Waals surface area contributed by atoms with Gasteiger partial charge in [-0.15, -0.1) is 22.7 Å². The average Bonchev–Trinajstić information content (AvgIpc) is 1.05. The minimum absolute atomic E-state index is 0.000485. The number of anilines is 6. The SMILES string of the molecule is CC(C)(C)c1cc(-c2ccccc2)cc(N2c3ccc(-c4c(-c5ccc6sc7ccccc7c6c5)cccc4-n4c5ccccc5c5ccccc54)cc3B3c4ccc(C(C)(C)C)cc4N(c4ccc(-c5ccccc5)cc4)c4cc(-c5c(-c6ccc7c(c6)sc6ccc(C(C)(C)C)cc67)cccc5-n5c6ccccc6c6ccccc65)cc2c43)c1. The zero-order valence-corrected chi connectivity index (χ0v) is 71.0. The second kappa shape index (κ2) is 27.5. The van der Waals surface area contributed by atoms with Crippen LogP contribution in [0, 0.1) is 0 Å². The number of hydrogen-bond donors (Lipinski definition) is 0. The molecule has 0 fully saturated rings. The van der Waals surface area contributed by atoms with Gasteiger partial charge < -0.3 is 18.9 Å². The highest BCUT2D eigenvalue weighted by atomic mass is 32.1. The van der Waals surface area contributed by atoms with Crippen LogP contribution in [0.25, 0.3) is 162 Å². The van der Waals surface area contributed by atoms with Crippen LogP contribution in [0.1, 0.15) is 79.0 Å². The van der Waals surface area contributed by atoms with Crippen LogP contribution in [-0.2, 0) is 16.2 Å². The summed E-state index contributed by atoms with van der Waals surface area (Å²) in [4.78, 5) is 5.35. The number of para-hydroxylation sites is 4. The van der Waals surface area contributed by atoms with Crippen molar-refractivity contribution in [3.8, 4) is 78.1 Å². The highest BCUT2D eigenvalue weighted by Gasteiger charge is 2.45. The van der Waals surface area contributed by atoms with Crippen LogP contribution in [0.15, 0.2) is 364 Å². The van der Waals surface area contributed by atoms with E-state index in [-0.39, 0.29) is 23.0 Å². The van der Waals surface area contributed by atoms with Crippen molar-refractivity contribution in [3.05, 3.63) is 381 Å². The molecule has 0 saturated carbocycles. The number of aromatic nitrogens is 2. The molecule has 4 aromatic heterocycles. The maximum atomic E-state index is 2.69. The molecule has 578 valence electrons. The van der Waals surface area contributed by atoms with Crippen LogP contribution < -0.4 is 26.2 Å². The summed E-state index contributed by atoms with van der Waals surface area (Å²) in [5.74, 6) is 0. The Morgan fingerprint density at radius 1 is 0.223 bits per heavy atom. The quantitative estimate of drug-likeness (QED) is 0.127. The van der Waals surface area contributed by atoms with E-state index in [0.29, 0.717) is 0 Å². The lowest BCUT2D eigenvalue weighted by Crippen LogP contribution is -2.61. The summed E-state index contributed by atoms with van der Waals surface area (Å²) in [6, 6.07) is 140. The first-order valence-corrected chi connectivity index (χ1v) is 44.1. The molecule has 0 radical (unpaired) electrons. The van der Waals surface area contributed by atoms with Gasteiger partial charge in [0.05, 0.1) is 33.4 Å². The Morgan fingerprint density at radius 3 is 1.26 bits per heavy atom. The van der Waals surface area contributed by atoms with Crippen LogP contribution in [-0.4, -0.2) is 15.8 Å². The van der Waals surface area contributed by atoms with Crippen molar-refractivity contribution in [2.75, 3.05) is 9.80 Å². The molecule has 0 amide bonds. The molecule has 0 unspecified atom stereocenters. The van der Waals surface area contributed by atoms with E-state index in [9.17, 15) is 0 Å². The van der Waals surface area contributed by atoms with Crippen molar-refractivity contribution in [1.82, 2.24) is 9.13 Å². The Labute approximate surface area is 714 Å². The minimum atomic E-state index is -0.285. The van der Waals surface area contributed by atoms with Gasteiger partial charge in [0.2, 0.25) is 0 Å². The topological polar surface area (TPSA) is 16.3 Å². The molecule has 0 N–H and O–H groups in total. The number of fused-ring (bicyclic) bond motifs is 16. The van der Waals surface area contributed by atoms with E-state index in [0.717, 1.165) is 84.3 Å². The smallest absolute Gasteiger partial charge is 0.252 e. The number of hydrogen-bond acceptors (Lipinski definition) is 4. The van der Waals surface area contributed by atoms with Gasteiger partial charge in [-0.1, -0.05) is 305 Å². The molecule has 4 nitrogen and oxygen atoms in total. The van der Waals surface area contributed by atoms with E-state index >= 15 is 0 Å². The largest absolute Gasteiger partial charge is 0.311 e. The first-order valence-electron chi connectivity index (χ1n) is 42.5. The summed E-state index contributed by atoms with van der Waals surface area (Å²) in [5.41, 5.74) is 34.6. The minimum Gasteiger partial charge on any atom is -0.311 e. The fraction of sp³-hybridized carbons (Fsp3) is 0.105. The normalized spacial score (nSPS) is 13.0. The van der Waals surface area contributed by atoms with E-state index in [4.69, 9.17) is 0 Å². The fourth-order valence-electron chi connectivity index (χ4n) is 19.9. The Bertz CT molecular complexity index is 7740. The molecular weight excluding hydrogens is 1500 g/mol. The van der Waals surface area contributed by atoms with E-state index in [2.05, 4.69) is 445 Å². The second-order valence-corrected chi connectivity index (χ2v) is 38.5. The Balaban J connectivity index is 0.863. The van der Waals surface area contributed by atoms with Crippen molar-refractivity contribution in [3.63, 3.8) is 0 Å². The van der Waals surface area contributed by atoms with Crippen molar-refractivity contribution >= 4 is 164 Å². The molecule has 0 atom stereocenters. The van der Waals surface area contributed by atoms with Gasteiger partial charge in [0.25, 0.3) is 6.71 Å². The lowest BCUT2D eigenvalue weighted by Gasteiger charge is -2.45. The van der Waals surface area contributed by atoms with Crippen LogP contribution >= 0.6 is 22.7 Å². The van der Waals surface area contributed by atoms with Gasteiger partial charge in [0.1, 0.15) is 0 Å². The molecule has 23 rings (SSSR count). The first kappa shape index (κ1) is 72.7. The van der Waals surface area contributed by atoms with Crippen molar-refractivity contribution in [2.45, 2.75) is 78.6 Å². The highest BCUT2D eigenvalue weighted by molar-refractivity contribution is 7.26. The third-order valence-corrected chi connectivity index (χ3v) is 28.2. The predicted octanol–water partition coefficient (Wildman–Crippen LogP) is 30.6. The van der Waals surface area contributed by atoms with Crippen LogP contribution in [0.3, 0.4) is 0 Å². The Kier molecular flexibility index (Phi) is 16.5. The summed E-state index contributed by atoms with van der Waals surface area (Å²) in [7, 11) is 0. The summed E-state index contributed by atoms with van der Waals surface area (Å²) in [6.07, 6.45) is 0. The van der Waals surface area contributed by atoms with Crippen molar-refractivity contribution < 1.29 is 0 Å². The van der Waals surface area contributed by atoms with Crippen molar-refractivity contribution in [2.24, 2.45) is 0 Å². The van der Waals surface area contributed by atoms with E-state index in [1.807, 2.05) is 22.7 Å². The summed E-state index contributed by atoms with van der Waals surface area (Å²) < 4.78 is 10.2. The van der Waals surface area contributed by atoms with Gasteiger partial charge in [-0.3, -0.25) is 0 Å². The van der Waals surface area contributed by atoms with Gasteiger partial charge in [-0.05, 0) is 226 Å². The molecule has 21 aromatic rings. The molecule has 121 heavy (non-hydrogen) atoms. The zero-order chi connectivity index (χ0) is 81.5. The molecule has 0 aliphatic carbocycles. The lowest BCUT2D eigenvalue weighted by molar-refractivity contribution is 0.590. The third kappa shape index (κ3) is 11.7. The lowest BCUT2D eigenvalue weighted by atomic mass is 9.33. The number of benzene rings is 17. The maximum Gasteiger partial charge on any atom is 0.252 e. The molecule has 7 heteroatoms. The van der Waals surface area contributed by atoms with Gasteiger partial charge in [-0.2, -0.15) is 0 Å². The standard InChI is InChI=1S/C114H87BN4S2/c1-112(2,3)78-52-59-107-92(68-78)90-55-48-74(66-108(90)121-107)84-38-27-44-101(119-97-41-23-18-34-87(97)88-35-19-24-42-98(88)119)110(84)77-64-103-111-104(65-77)117(82-61-76(71-30-14-11-15-31-71)60-80(67-82)114(7,8)9)99-57-49-75(63-94(99)115(111)93-56-51-79(113(4,5)6)69-102(93)116(103)81-53-46-72(47-54-81)70-28-12-10-13-29-70)109-83(73-50-58-106-91(62-73)89-36-20-25-45-105(89)120-106)37-26-43-100(109)118-95-39-21-16-32-85(95)86-33-17-22-40-96(86)118/h10-69H,1-9H3. The molecule has 6 heterocycles. The maximum absolute atomic E-state index is 2.69. The van der Waals surface area contributed by atoms with Gasteiger partial charge in [-0.25, -0.2) is 0 Å². The van der Waals surface area contributed by atoms with Gasteiger partial charge >= 0.3 is 0 Å². The van der Waals surface area contributed by atoms with Crippen LogP contribution in [0.4, 0.5) is 34.1 Å². The Hall–Kier alpha value is -13.6. The number of rotatable bonds is 10. The second-order valence-electron chi connectivity index (χ2n) is 36.3. The molecule has 17 aromatic carbocycles. The fourth-order valence-corrected chi connectivity index (χ4v) is 22.1. The molecule has 0 bridgehead atoms. The average molecular weight is 1590 g/mol. The molecular formula is C114H87BN4S2. The van der Waals surface area contributed by atoms with E-state index in [1.165, 1.54) is 145 Å². The predicted molar refractivity (Wildman–Crippen MR) is 524 cm³/mol. The number of nitrogens with zero attached hydrogens (tertiary/aromatic N) is 4. The Morgan fingerprint density at radius 2 is 0.669 bits per heavy atom. The van der Waals surface area contributed by atoms with Crippen LogP contribution in [0.5, 0.6) is 0 Å². The van der Waals surface area contributed by atoms with E-state index in [1.54, 1.807) is 0 Å². The van der Waals surface area contributed by atoms with Crippen molar-refractivity contribution in [1.29, 1.82) is 0 Å². The molecule has 2 aliphatic heterocycles.